The number of ether oxygens (including phenoxy) is 2. The summed E-state index contributed by atoms with van der Waals surface area (Å²) in [5.74, 6) is 0.660. The maximum Gasteiger partial charge on any atom is 0.409 e. The van der Waals surface area contributed by atoms with Crippen molar-refractivity contribution in [2.24, 2.45) is 0 Å². The van der Waals surface area contributed by atoms with E-state index in [1.807, 2.05) is 32.0 Å². The van der Waals surface area contributed by atoms with E-state index in [4.69, 9.17) is 9.47 Å². The Kier molecular flexibility index (Phi) is 6.18. The number of hydrogen-bond donors (Lipinski definition) is 0. The Morgan fingerprint density at radius 3 is 2.50 bits per heavy atom. The molecule has 1 fully saturated rings. The average molecular weight is 386 g/mol. The zero-order valence-corrected chi connectivity index (χ0v) is 16.6. The maximum absolute atomic E-state index is 12.7. The van der Waals surface area contributed by atoms with Crippen LogP contribution < -0.4 is 4.74 Å². The Morgan fingerprint density at radius 2 is 1.79 bits per heavy atom. The minimum atomic E-state index is -0.331. The Balaban J connectivity index is 1.54. The first-order valence-corrected chi connectivity index (χ1v) is 9.42. The number of amides is 2. The van der Waals surface area contributed by atoms with Crippen LogP contribution in [0.5, 0.6) is 5.75 Å². The lowest BCUT2D eigenvalue weighted by atomic mass is 10.1. The Bertz CT molecular complexity index is 840. The van der Waals surface area contributed by atoms with Crippen molar-refractivity contribution >= 4 is 12.0 Å². The summed E-state index contributed by atoms with van der Waals surface area (Å²) < 4.78 is 12.4. The van der Waals surface area contributed by atoms with E-state index < -0.39 is 0 Å². The number of rotatable bonds is 5. The highest BCUT2D eigenvalue weighted by molar-refractivity contribution is 5.92. The van der Waals surface area contributed by atoms with Gasteiger partial charge in [0.1, 0.15) is 5.75 Å². The molecule has 2 aromatic rings. The topological polar surface area (TPSA) is 76.9 Å². The van der Waals surface area contributed by atoms with Crippen molar-refractivity contribution in [3.8, 4) is 5.75 Å². The molecule has 150 valence electrons. The molecule has 1 aliphatic heterocycles. The number of carbonyl (C=O) groups excluding carboxylic acids is 2. The molecule has 0 bridgehead atoms. The smallest absolute Gasteiger partial charge is 0.409 e. The third kappa shape index (κ3) is 4.62. The quantitative estimate of drug-likeness (QED) is 0.789. The number of carbonyl (C=O) groups is 2. The Hall–Kier alpha value is -3.03. The molecule has 1 aromatic heterocycles. The summed E-state index contributed by atoms with van der Waals surface area (Å²) in [6.07, 6.45) is 1.40. The molecule has 2 heterocycles. The zero-order chi connectivity index (χ0) is 20.1. The summed E-state index contributed by atoms with van der Waals surface area (Å²) in [5.41, 5.74) is 2.54. The van der Waals surface area contributed by atoms with E-state index in [0.717, 1.165) is 16.9 Å². The first-order chi connectivity index (χ1) is 13.5. The molecule has 8 nitrogen and oxygen atoms in total. The number of hydrogen-bond acceptors (Lipinski definition) is 5. The van der Waals surface area contributed by atoms with Crippen molar-refractivity contribution in [2.45, 2.75) is 27.5 Å². The van der Waals surface area contributed by atoms with Gasteiger partial charge in [-0.25, -0.2) is 9.48 Å². The first-order valence-electron chi connectivity index (χ1n) is 9.42. The minimum Gasteiger partial charge on any atom is -0.471 e. The van der Waals surface area contributed by atoms with Gasteiger partial charge < -0.3 is 19.3 Å². The number of benzene rings is 1. The molecule has 2 amide bonds. The number of nitrogens with zero attached hydrogens (tertiary/aromatic N) is 4. The van der Waals surface area contributed by atoms with Gasteiger partial charge in [0.15, 0.2) is 12.4 Å². The summed E-state index contributed by atoms with van der Waals surface area (Å²) >= 11 is 0. The lowest BCUT2D eigenvalue weighted by molar-refractivity contribution is 0.0564. The van der Waals surface area contributed by atoms with Gasteiger partial charge >= 0.3 is 6.09 Å². The molecule has 1 aromatic carbocycles. The summed E-state index contributed by atoms with van der Waals surface area (Å²) in [7, 11) is 0. The highest BCUT2D eigenvalue weighted by Crippen LogP contribution is 2.19. The molecular formula is C20H26N4O4. The fourth-order valence-corrected chi connectivity index (χ4v) is 3.02. The van der Waals surface area contributed by atoms with Crippen molar-refractivity contribution in [3.63, 3.8) is 0 Å². The van der Waals surface area contributed by atoms with Crippen LogP contribution in [0.15, 0.2) is 30.5 Å². The van der Waals surface area contributed by atoms with Gasteiger partial charge in [0.2, 0.25) is 0 Å². The van der Waals surface area contributed by atoms with Gasteiger partial charge in [-0.1, -0.05) is 12.1 Å². The van der Waals surface area contributed by atoms with Crippen LogP contribution in [0.3, 0.4) is 0 Å². The van der Waals surface area contributed by atoms with Crippen LogP contribution in [0.25, 0.3) is 0 Å². The van der Waals surface area contributed by atoms with E-state index in [9.17, 15) is 9.59 Å². The molecule has 1 aliphatic rings. The third-order valence-electron chi connectivity index (χ3n) is 4.65. The predicted octanol–water partition coefficient (Wildman–Crippen LogP) is 2.45. The lowest BCUT2D eigenvalue weighted by Gasteiger charge is -2.33. The second-order valence-electron chi connectivity index (χ2n) is 6.76. The van der Waals surface area contributed by atoms with Crippen molar-refractivity contribution < 1.29 is 19.1 Å². The average Bonchev–Trinajstić information content (AvgIpc) is 3.17. The molecule has 0 aliphatic carbocycles. The SMILES string of the molecule is CCOC(=O)N1CCN(C(=O)c2ccn(COc3cc(C)ccc3C)n2)CC1. The second kappa shape index (κ2) is 8.77. The van der Waals surface area contributed by atoms with Gasteiger partial charge in [0, 0.05) is 32.4 Å². The third-order valence-corrected chi connectivity index (χ3v) is 4.65. The van der Waals surface area contributed by atoms with Crippen LogP contribution in [0.4, 0.5) is 4.79 Å². The van der Waals surface area contributed by atoms with E-state index in [0.29, 0.717) is 38.5 Å². The number of aryl methyl sites for hydroxylation is 2. The molecule has 1 saturated heterocycles. The van der Waals surface area contributed by atoms with Gasteiger partial charge in [-0.15, -0.1) is 0 Å². The summed E-state index contributed by atoms with van der Waals surface area (Å²) in [5, 5.41) is 4.33. The van der Waals surface area contributed by atoms with Crippen LogP contribution in [-0.2, 0) is 11.5 Å². The molecule has 0 unspecified atom stereocenters. The van der Waals surface area contributed by atoms with E-state index >= 15 is 0 Å². The summed E-state index contributed by atoms with van der Waals surface area (Å²) in [4.78, 5) is 27.7. The molecule has 0 spiro atoms. The highest BCUT2D eigenvalue weighted by atomic mass is 16.6. The molecular weight excluding hydrogens is 360 g/mol. The van der Waals surface area contributed by atoms with Crippen molar-refractivity contribution in [3.05, 3.63) is 47.3 Å². The van der Waals surface area contributed by atoms with Crippen LogP contribution in [0, 0.1) is 13.8 Å². The van der Waals surface area contributed by atoms with Crippen molar-refractivity contribution in [1.82, 2.24) is 19.6 Å². The highest BCUT2D eigenvalue weighted by Gasteiger charge is 2.26. The monoisotopic (exact) mass is 386 g/mol. The van der Waals surface area contributed by atoms with Gasteiger partial charge in [-0.2, -0.15) is 5.10 Å². The fraction of sp³-hybridized carbons (Fsp3) is 0.450. The largest absolute Gasteiger partial charge is 0.471 e. The van der Waals surface area contributed by atoms with E-state index in [1.165, 1.54) is 0 Å². The molecule has 0 atom stereocenters. The van der Waals surface area contributed by atoms with Crippen LogP contribution in [0.1, 0.15) is 28.5 Å². The van der Waals surface area contributed by atoms with Gasteiger partial charge in [-0.05, 0) is 44.0 Å². The standard InChI is InChI=1S/C20H26N4O4/c1-4-27-20(26)23-11-9-22(10-12-23)19(25)17-7-8-24(21-17)14-28-18-13-15(2)5-6-16(18)3/h5-8,13H,4,9-12,14H2,1-3H3. The van der Waals surface area contributed by atoms with Gasteiger partial charge in [0.25, 0.3) is 5.91 Å². The Labute approximate surface area is 164 Å². The maximum atomic E-state index is 12.7. The van der Waals surface area contributed by atoms with E-state index in [1.54, 1.807) is 33.7 Å². The van der Waals surface area contributed by atoms with E-state index in [2.05, 4.69) is 5.10 Å². The predicted molar refractivity (Wildman–Crippen MR) is 103 cm³/mol. The van der Waals surface area contributed by atoms with Gasteiger partial charge in [-0.3, -0.25) is 4.79 Å². The van der Waals surface area contributed by atoms with Crippen LogP contribution in [-0.4, -0.2) is 64.4 Å². The normalized spacial score (nSPS) is 14.1. The molecule has 28 heavy (non-hydrogen) atoms. The second-order valence-corrected chi connectivity index (χ2v) is 6.76. The molecule has 0 N–H and O–H groups in total. The van der Waals surface area contributed by atoms with E-state index in [-0.39, 0.29) is 18.7 Å². The van der Waals surface area contributed by atoms with Gasteiger partial charge in [0.05, 0.1) is 6.61 Å². The zero-order valence-electron chi connectivity index (χ0n) is 16.6. The Morgan fingerprint density at radius 1 is 1.07 bits per heavy atom. The van der Waals surface area contributed by atoms with Crippen LogP contribution >= 0.6 is 0 Å². The number of aromatic nitrogens is 2. The minimum absolute atomic E-state index is 0.144. The van der Waals surface area contributed by atoms with Crippen LogP contribution in [0.2, 0.25) is 0 Å². The fourth-order valence-electron chi connectivity index (χ4n) is 3.02. The van der Waals surface area contributed by atoms with Crippen molar-refractivity contribution in [2.75, 3.05) is 32.8 Å². The summed E-state index contributed by atoms with van der Waals surface area (Å²) in [6, 6.07) is 7.72. The molecule has 0 radical (unpaired) electrons. The number of piperazine rings is 1. The molecule has 3 rings (SSSR count). The first kappa shape index (κ1) is 19.7. The summed E-state index contributed by atoms with van der Waals surface area (Å²) in [6.45, 7) is 8.20. The lowest BCUT2D eigenvalue weighted by Crippen LogP contribution is -2.50. The molecule has 0 saturated carbocycles. The van der Waals surface area contributed by atoms with Crippen molar-refractivity contribution in [1.29, 1.82) is 0 Å². The molecule has 8 heteroatoms.